The van der Waals surface area contributed by atoms with Crippen molar-refractivity contribution in [2.24, 2.45) is 0 Å². The first-order valence-corrected chi connectivity index (χ1v) is 10.1. The molecule has 1 saturated heterocycles. The molecule has 2 aromatic carbocycles. The van der Waals surface area contributed by atoms with E-state index < -0.39 is 0 Å². The third-order valence-corrected chi connectivity index (χ3v) is 5.60. The molecule has 1 aliphatic heterocycles. The molecule has 4 rings (SSSR count). The monoisotopic (exact) mass is 410 g/mol. The molecule has 1 aromatic heterocycles. The SMILES string of the molecule is Cc1nc2ccccc2c(=O)n1CC(=O)N1CCN(Cc2cccc(Cl)c2)CC1. The highest BCUT2D eigenvalue weighted by atomic mass is 35.5. The number of benzene rings is 2. The number of hydrogen-bond donors (Lipinski definition) is 0. The molecule has 1 aliphatic rings. The second-order valence-electron chi connectivity index (χ2n) is 7.35. The fraction of sp³-hybridized carbons (Fsp3) is 0.318. The van der Waals surface area contributed by atoms with E-state index in [9.17, 15) is 9.59 Å². The molecule has 0 spiro atoms. The predicted octanol–water partition coefficient (Wildman–Crippen LogP) is 2.70. The molecule has 1 amide bonds. The van der Waals surface area contributed by atoms with Gasteiger partial charge in [0.1, 0.15) is 12.4 Å². The molecule has 1 fully saturated rings. The highest BCUT2D eigenvalue weighted by Gasteiger charge is 2.22. The van der Waals surface area contributed by atoms with Crippen molar-refractivity contribution in [2.45, 2.75) is 20.0 Å². The fourth-order valence-electron chi connectivity index (χ4n) is 3.75. The first-order valence-electron chi connectivity index (χ1n) is 9.72. The number of halogens is 1. The van der Waals surface area contributed by atoms with Gasteiger partial charge in [-0.25, -0.2) is 4.98 Å². The van der Waals surface area contributed by atoms with Crippen molar-refractivity contribution in [1.82, 2.24) is 19.4 Å². The second-order valence-corrected chi connectivity index (χ2v) is 7.79. The van der Waals surface area contributed by atoms with E-state index in [1.165, 1.54) is 10.1 Å². The molecule has 3 aromatic rings. The molecule has 0 radical (unpaired) electrons. The molecule has 0 bridgehead atoms. The number of nitrogens with zero attached hydrogens (tertiary/aromatic N) is 4. The summed E-state index contributed by atoms with van der Waals surface area (Å²) in [5.41, 5.74) is 1.66. The van der Waals surface area contributed by atoms with Gasteiger partial charge in [0.05, 0.1) is 10.9 Å². The van der Waals surface area contributed by atoms with Crippen LogP contribution in [0.4, 0.5) is 0 Å². The Kier molecular flexibility index (Phi) is 5.65. The van der Waals surface area contributed by atoms with Gasteiger partial charge in [0.15, 0.2) is 0 Å². The standard InChI is InChI=1S/C22H23ClN4O2/c1-16-24-20-8-3-2-7-19(20)22(29)27(16)15-21(28)26-11-9-25(10-12-26)14-17-5-4-6-18(23)13-17/h2-8,13H,9-12,14-15H2,1H3. The molecule has 0 unspecified atom stereocenters. The Labute approximate surface area is 174 Å². The van der Waals surface area contributed by atoms with Crippen molar-refractivity contribution in [3.05, 3.63) is 75.3 Å². The summed E-state index contributed by atoms with van der Waals surface area (Å²) in [7, 11) is 0. The van der Waals surface area contributed by atoms with Crippen molar-refractivity contribution < 1.29 is 4.79 Å². The van der Waals surface area contributed by atoms with Crippen molar-refractivity contribution in [3.63, 3.8) is 0 Å². The Bertz CT molecular complexity index is 1100. The van der Waals surface area contributed by atoms with E-state index >= 15 is 0 Å². The van der Waals surface area contributed by atoms with Crippen LogP contribution in [0.3, 0.4) is 0 Å². The Morgan fingerprint density at radius 2 is 1.83 bits per heavy atom. The summed E-state index contributed by atoms with van der Waals surface area (Å²) >= 11 is 6.06. The topological polar surface area (TPSA) is 58.4 Å². The van der Waals surface area contributed by atoms with Gasteiger partial charge < -0.3 is 4.90 Å². The fourth-order valence-corrected chi connectivity index (χ4v) is 3.96. The van der Waals surface area contributed by atoms with Crippen LogP contribution in [0.2, 0.25) is 5.02 Å². The minimum absolute atomic E-state index is 0.0246. The molecule has 29 heavy (non-hydrogen) atoms. The lowest BCUT2D eigenvalue weighted by atomic mass is 10.2. The van der Waals surface area contributed by atoms with E-state index in [0.29, 0.717) is 29.8 Å². The lowest BCUT2D eigenvalue weighted by Gasteiger charge is -2.35. The largest absolute Gasteiger partial charge is 0.339 e. The number of carbonyl (C=O) groups is 1. The van der Waals surface area contributed by atoms with E-state index in [2.05, 4.69) is 16.0 Å². The average molecular weight is 411 g/mol. The van der Waals surface area contributed by atoms with Crippen molar-refractivity contribution in [3.8, 4) is 0 Å². The van der Waals surface area contributed by atoms with Crippen LogP contribution in [-0.2, 0) is 17.9 Å². The Morgan fingerprint density at radius 3 is 2.59 bits per heavy atom. The normalized spacial score (nSPS) is 15.0. The van der Waals surface area contributed by atoms with E-state index in [1.54, 1.807) is 13.0 Å². The summed E-state index contributed by atoms with van der Waals surface area (Å²) < 4.78 is 1.48. The number of para-hydroxylation sites is 1. The number of hydrogen-bond acceptors (Lipinski definition) is 4. The number of aromatic nitrogens is 2. The zero-order valence-electron chi connectivity index (χ0n) is 16.3. The Hall–Kier alpha value is -2.70. The first kappa shape index (κ1) is 19.6. The summed E-state index contributed by atoms with van der Waals surface area (Å²) in [5.74, 6) is 0.510. The number of piperazine rings is 1. The predicted molar refractivity (Wildman–Crippen MR) is 114 cm³/mol. The van der Waals surface area contributed by atoms with Crippen molar-refractivity contribution >= 4 is 28.4 Å². The van der Waals surface area contributed by atoms with Crippen LogP contribution in [0.15, 0.2) is 53.3 Å². The van der Waals surface area contributed by atoms with E-state index in [4.69, 9.17) is 11.6 Å². The average Bonchev–Trinajstić information content (AvgIpc) is 2.71. The highest BCUT2D eigenvalue weighted by Crippen LogP contribution is 2.14. The molecule has 0 aliphatic carbocycles. The third-order valence-electron chi connectivity index (χ3n) is 5.37. The molecule has 7 heteroatoms. The lowest BCUT2D eigenvalue weighted by molar-refractivity contribution is -0.133. The van der Waals surface area contributed by atoms with Crippen LogP contribution in [-0.4, -0.2) is 51.4 Å². The minimum Gasteiger partial charge on any atom is -0.339 e. The van der Waals surface area contributed by atoms with E-state index in [0.717, 1.165) is 24.7 Å². The van der Waals surface area contributed by atoms with Crippen molar-refractivity contribution in [2.75, 3.05) is 26.2 Å². The molecule has 0 atom stereocenters. The van der Waals surface area contributed by atoms with Crippen LogP contribution in [0.5, 0.6) is 0 Å². The summed E-state index contributed by atoms with van der Waals surface area (Å²) in [6.45, 7) is 5.49. The molecular weight excluding hydrogens is 388 g/mol. The van der Waals surface area contributed by atoms with Gasteiger partial charge in [-0.2, -0.15) is 0 Å². The highest BCUT2D eigenvalue weighted by molar-refractivity contribution is 6.30. The third kappa shape index (κ3) is 4.33. The second kappa shape index (κ2) is 8.35. The van der Waals surface area contributed by atoms with Gasteiger partial charge in [0, 0.05) is 37.7 Å². The van der Waals surface area contributed by atoms with Crippen LogP contribution < -0.4 is 5.56 Å². The molecule has 0 N–H and O–H groups in total. The Morgan fingerprint density at radius 1 is 1.07 bits per heavy atom. The van der Waals surface area contributed by atoms with Gasteiger partial charge in [-0.1, -0.05) is 35.9 Å². The van der Waals surface area contributed by atoms with Gasteiger partial charge in [-0.3, -0.25) is 19.1 Å². The molecule has 2 heterocycles. The van der Waals surface area contributed by atoms with Crippen LogP contribution in [0, 0.1) is 6.92 Å². The zero-order chi connectivity index (χ0) is 20.4. The lowest BCUT2D eigenvalue weighted by Crippen LogP contribution is -2.49. The smallest absolute Gasteiger partial charge is 0.261 e. The number of carbonyl (C=O) groups excluding carboxylic acids is 1. The van der Waals surface area contributed by atoms with Gasteiger partial charge >= 0.3 is 0 Å². The number of aryl methyl sites for hydroxylation is 1. The molecule has 0 saturated carbocycles. The van der Waals surface area contributed by atoms with Gasteiger partial charge in [0.25, 0.3) is 5.56 Å². The van der Waals surface area contributed by atoms with Gasteiger partial charge in [-0.15, -0.1) is 0 Å². The molecule has 150 valence electrons. The van der Waals surface area contributed by atoms with E-state index in [-0.39, 0.29) is 18.0 Å². The maximum Gasteiger partial charge on any atom is 0.261 e. The quantitative estimate of drug-likeness (QED) is 0.663. The van der Waals surface area contributed by atoms with Gasteiger partial charge in [-0.05, 0) is 36.8 Å². The van der Waals surface area contributed by atoms with Crippen LogP contribution in [0.25, 0.3) is 10.9 Å². The summed E-state index contributed by atoms with van der Waals surface area (Å²) in [6, 6.07) is 15.1. The number of rotatable bonds is 4. The Balaban J connectivity index is 1.40. The van der Waals surface area contributed by atoms with Crippen molar-refractivity contribution in [1.29, 1.82) is 0 Å². The first-order chi connectivity index (χ1) is 14.0. The van der Waals surface area contributed by atoms with Crippen LogP contribution in [0.1, 0.15) is 11.4 Å². The number of amides is 1. The minimum atomic E-state index is -0.166. The molecular formula is C22H23ClN4O2. The van der Waals surface area contributed by atoms with Crippen LogP contribution >= 0.6 is 11.6 Å². The maximum absolute atomic E-state index is 12.8. The number of fused-ring (bicyclic) bond motifs is 1. The molecule has 6 nitrogen and oxygen atoms in total. The summed E-state index contributed by atoms with van der Waals surface area (Å²) in [6.07, 6.45) is 0. The maximum atomic E-state index is 12.8. The zero-order valence-corrected chi connectivity index (χ0v) is 17.1. The van der Waals surface area contributed by atoms with Gasteiger partial charge in [0.2, 0.25) is 5.91 Å². The summed E-state index contributed by atoms with van der Waals surface area (Å²) in [4.78, 5) is 34.2. The van der Waals surface area contributed by atoms with E-state index in [1.807, 2.05) is 41.3 Å². The summed E-state index contributed by atoms with van der Waals surface area (Å²) in [5, 5.41) is 1.28.